The van der Waals surface area contributed by atoms with Crippen molar-refractivity contribution in [2.75, 3.05) is 13.2 Å². The van der Waals surface area contributed by atoms with Crippen LogP contribution in [0.3, 0.4) is 0 Å². The molecule has 3 aromatic heterocycles. The molecule has 4 N–H and O–H groups in total. The predicted octanol–water partition coefficient (Wildman–Crippen LogP) is 1.59. The van der Waals surface area contributed by atoms with Gasteiger partial charge in [-0.05, 0) is 6.07 Å². The van der Waals surface area contributed by atoms with Crippen molar-refractivity contribution in [2.24, 2.45) is 17.3 Å². The molecule has 0 amide bonds. The summed E-state index contributed by atoms with van der Waals surface area (Å²) in [6.07, 6.45) is 0.548. The minimum Gasteiger partial charge on any atom is -0.493 e. The third-order valence-corrected chi connectivity index (χ3v) is 4.83. The van der Waals surface area contributed by atoms with Gasteiger partial charge in [-0.25, -0.2) is 4.79 Å². The molecule has 12 heteroatoms. The highest BCUT2D eigenvalue weighted by Gasteiger charge is 2.20. The molecule has 0 saturated heterocycles. The van der Waals surface area contributed by atoms with Gasteiger partial charge in [0.1, 0.15) is 0 Å². The molecule has 32 heavy (non-hydrogen) atoms. The van der Waals surface area contributed by atoms with E-state index in [-0.39, 0.29) is 48.4 Å². The number of H-pyrrole nitrogens is 2. The second-order valence-electron chi connectivity index (χ2n) is 7.06. The fourth-order valence-corrected chi connectivity index (χ4v) is 3.33. The Morgan fingerprint density at radius 2 is 2.06 bits per heavy atom. The molecule has 4 rings (SSSR count). The second kappa shape index (κ2) is 8.61. The number of aromatic hydroxyl groups is 1. The van der Waals surface area contributed by atoms with Crippen molar-refractivity contribution in [3.05, 3.63) is 57.8 Å². The Kier molecular flexibility index (Phi) is 5.71. The van der Waals surface area contributed by atoms with Crippen LogP contribution in [0.15, 0.2) is 56.7 Å². The van der Waals surface area contributed by atoms with Crippen molar-refractivity contribution in [3.8, 4) is 5.88 Å². The van der Waals surface area contributed by atoms with Crippen LogP contribution < -0.4 is 11.2 Å². The maximum absolute atomic E-state index is 12.5. The molecule has 3 heterocycles. The normalized spacial score (nSPS) is 12.8. The van der Waals surface area contributed by atoms with Crippen molar-refractivity contribution >= 4 is 33.7 Å². The lowest BCUT2D eigenvalue weighted by Gasteiger charge is -2.12. The predicted molar refractivity (Wildman–Crippen MR) is 117 cm³/mol. The molecule has 0 fully saturated rings. The Hall–Kier alpha value is -4.03. The lowest BCUT2D eigenvalue weighted by atomic mass is 10.2. The average Bonchev–Trinajstić information content (AvgIpc) is 3.28. The Balaban J connectivity index is 1.81. The summed E-state index contributed by atoms with van der Waals surface area (Å²) in [5.41, 5.74) is -0.328. The monoisotopic (exact) mass is 439 g/mol. The Labute approximate surface area is 180 Å². The first-order valence-electron chi connectivity index (χ1n) is 9.68. The number of benzene rings is 1. The second-order valence-corrected chi connectivity index (χ2v) is 7.06. The fourth-order valence-electron chi connectivity index (χ4n) is 3.33. The zero-order valence-corrected chi connectivity index (χ0v) is 17.1. The molecule has 0 aliphatic heterocycles. The van der Waals surface area contributed by atoms with Crippen LogP contribution in [0.25, 0.3) is 22.1 Å². The lowest BCUT2D eigenvalue weighted by Crippen LogP contribution is -2.30. The van der Waals surface area contributed by atoms with E-state index in [1.807, 2.05) is 0 Å². The summed E-state index contributed by atoms with van der Waals surface area (Å²) in [4.78, 5) is 33.8. The molecule has 0 saturated carbocycles. The van der Waals surface area contributed by atoms with E-state index in [1.165, 1.54) is 11.6 Å². The van der Waals surface area contributed by atoms with Gasteiger partial charge in [-0.1, -0.05) is 24.3 Å². The van der Waals surface area contributed by atoms with Crippen LogP contribution in [0.1, 0.15) is 0 Å². The van der Waals surface area contributed by atoms with Crippen LogP contribution in [-0.4, -0.2) is 53.6 Å². The van der Waals surface area contributed by atoms with E-state index >= 15 is 0 Å². The van der Waals surface area contributed by atoms with Gasteiger partial charge in [-0.2, -0.15) is 4.98 Å². The zero-order chi connectivity index (χ0) is 22.8. The number of hydrogen-bond donors (Lipinski definition) is 4. The van der Waals surface area contributed by atoms with E-state index in [9.17, 15) is 19.8 Å². The summed E-state index contributed by atoms with van der Waals surface area (Å²) in [7, 11) is 1.45. The first-order chi connectivity index (χ1) is 15.4. The Bertz CT molecular complexity index is 1440. The van der Waals surface area contributed by atoms with Crippen LogP contribution >= 0.6 is 0 Å². The molecule has 0 aliphatic rings. The van der Waals surface area contributed by atoms with Crippen LogP contribution in [0.2, 0.25) is 0 Å². The molecular weight excluding hydrogens is 418 g/mol. The SMILES string of the molecule is C=CCOCC(O)Cn1c(N=Nc2c(O)[nH]c3ccccc23)nc2c1c(=O)[nH]c(=O)n2C. The number of fused-ring (bicyclic) bond motifs is 2. The highest BCUT2D eigenvalue weighted by Crippen LogP contribution is 2.36. The molecular formula is C20H21N7O5. The standard InChI is InChI=1S/C20H21N7O5/c1-3-8-32-10-11(28)9-27-15-16(26(2)20(31)23-18(15)30)22-19(27)25-24-14-12-6-4-5-7-13(12)21-17(14)29/h3-7,11,21,28-29H,1,8-10H2,2H3,(H,23,30,31). The third-order valence-electron chi connectivity index (χ3n) is 4.83. The fraction of sp³-hybridized carbons (Fsp3) is 0.250. The maximum Gasteiger partial charge on any atom is 0.329 e. The number of aliphatic hydroxyl groups excluding tert-OH is 1. The first-order valence-corrected chi connectivity index (χ1v) is 9.68. The van der Waals surface area contributed by atoms with Gasteiger partial charge < -0.3 is 19.9 Å². The van der Waals surface area contributed by atoms with Gasteiger partial charge in [0, 0.05) is 12.4 Å². The van der Waals surface area contributed by atoms with Crippen molar-refractivity contribution in [3.63, 3.8) is 0 Å². The smallest absolute Gasteiger partial charge is 0.329 e. The number of rotatable bonds is 8. The summed E-state index contributed by atoms with van der Waals surface area (Å²) >= 11 is 0. The number of ether oxygens (including phenoxy) is 1. The largest absolute Gasteiger partial charge is 0.493 e. The number of para-hydroxylation sites is 1. The third kappa shape index (κ3) is 3.84. The summed E-state index contributed by atoms with van der Waals surface area (Å²) in [5, 5.41) is 29.5. The van der Waals surface area contributed by atoms with Gasteiger partial charge in [0.25, 0.3) is 11.5 Å². The molecule has 4 aromatic rings. The Morgan fingerprint density at radius 3 is 2.84 bits per heavy atom. The van der Waals surface area contributed by atoms with Crippen molar-refractivity contribution in [1.82, 2.24) is 24.1 Å². The van der Waals surface area contributed by atoms with Crippen LogP contribution in [0.4, 0.5) is 11.6 Å². The first kappa shape index (κ1) is 21.2. The van der Waals surface area contributed by atoms with Crippen molar-refractivity contribution < 1.29 is 14.9 Å². The molecule has 0 aliphatic carbocycles. The van der Waals surface area contributed by atoms with Crippen LogP contribution in [0.5, 0.6) is 5.88 Å². The van der Waals surface area contributed by atoms with E-state index in [0.717, 1.165) is 4.57 Å². The number of aromatic nitrogens is 5. The van der Waals surface area contributed by atoms with E-state index in [0.29, 0.717) is 10.9 Å². The van der Waals surface area contributed by atoms with Gasteiger partial charge in [0.15, 0.2) is 16.9 Å². The molecule has 1 unspecified atom stereocenters. The summed E-state index contributed by atoms with van der Waals surface area (Å²) in [6, 6.07) is 7.14. The minimum atomic E-state index is -1.00. The quantitative estimate of drug-likeness (QED) is 0.185. The summed E-state index contributed by atoms with van der Waals surface area (Å²) < 4.78 is 7.78. The molecule has 0 radical (unpaired) electrons. The minimum absolute atomic E-state index is 0.0187. The van der Waals surface area contributed by atoms with E-state index < -0.39 is 17.4 Å². The number of imidazole rings is 1. The Morgan fingerprint density at radius 1 is 1.28 bits per heavy atom. The molecule has 166 valence electrons. The highest BCUT2D eigenvalue weighted by molar-refractivity contribution is 5.94. The van der Waals surface area contributed by atoms with Crippen LogP contribution in [0, 0.1) is 0 Å². The molecule has 0 bridgehead atoms. The highest BCUT2D eigenvalue weighted by atomic mass is 16.5. The molecule has 1 aromatic carbocycles. The van der Waals surface area contributed by atoms with Gasteiger partial charge >= 0.3 is 5.69 Å². The van der Waals surface area contributed by atoms with Crippen LogP contribution in [-0.2, 0) is 18.3 Å². The number of azo groups is 1. The number of aromatic amines is 2. The van der Waals surface area contributed by atoms with E-state index in [1.54, 1.807) is 30.3 Å². The van der Waals surface area contributed by atoms with E-state index in [2.05, 4.69) is 31.8 Å². The number of nitrogens with one attached hydrogen (secondary N) is 2. The molecule has 0 spiro atoms. The molecule has 12 nitrogen and oxygen atoms in total. The lowest BCUT2D eigenvalue weighted by molar-refractivity contribution is 0.0405. The topological polar surface area (TPSA) is 163 Å². The van der Waals surface area contributed by atoms with Crippen molar-refractivity contribution in [1.29, 1.82) is 0 Å². The molecule has 1 atom stereocenters. The number of aryl methyl sites for hydroxylation is 1. The van der Waals surface area contributed by atoms with E-state index in [4.69, 9.17) is 4.74 Å². The zero-order valence-electron chi connectivity index (χ0n) is 17.1. The summed E-state index contributed by atoms with van der Waals surface area (Å²) in [6.45, 7) is 3.69. The summed E-state index contributed by atoms with van der Waals surface area (Å²) in [5.74, 6) is -0.208. The van der Waals surface area contributed by atoms with Gasteiger partial charge in [-0.3, -0.25) is 18.9 Å². The van der Waals surface area contributed by atoms with Gasteiger partial charge in [0.2, 0.25) is 5.88 Å². The average molecular weight is 439 g/mol. The van der Waals surface area contributed by atoms with Gasteiger partial charge in [-0.15, -0.1) is 16.8 Å². The number of aliphatic hydroxyl groups is 1. The number of nitrogens with zero attached hydrogens (tertiary/aromatic N) is 5. The maximum atomic E-state index is 12.5. The number of hydrogen-bond acceptors (Lipinski definition) is 8. The van der Waals surface area contributed by atoms with Gasteiger partial charge in [0.05, 0.1) is 31.4 Å². The van der Waals surface area contributed by atoms with Crippen molar-refractivity contribution in [2.45, 2.75) is 12.6 Å².